The summed E-state index contributed by atoms with van der Waals surface area (Å²) in [5.74, 6) is -0.329. The molecule has 0 aliphatic carbocycles. The predicted octanol–water partition coefficient (Wildman–Crippen LogP) is 2.34. The Bertz CT molecular complexity index is 891. The van der Waals surface area contributed by atoms with Crippen LogP contribution in [0.5, 0.6) is 0 Å². The van der Waals surface area contributed by atoms with Crippen molar-refractivity contribution in [2.75, 3.05) is 26.7 Å². The summed E-state index contributed by atoms with van der Waals surface area (Å²) in [6.45, 7) is 1.08. The number of fused-ring (bicyclic) bond motifs is 1. The van der Waals surface area contributed by atoms with E-state index >= 15 is 0 Å². The molecule has 2 aliphatic rings. The van der Waals surface area contributed by atoms with Crippen molar-refractivity contribution in [3.8, 4) is 0 Å². The number of piperidine rings is 1. The summed E-state index contributed by atoms with van der Waals surface area (Å²) in [6.07, 6.45) is -1.09. The number of likely N-dealkylation sites (tertiary alicyclic amines) is 1. The minimum atomic E-state index is -0.966. The largest absolute Gasteiger partial charge is 0.448 e. The summed E-state index contributed by atoms with van der Waals surface area (Å²) in [6, 6.07) is 13.3. The number of amides is 1. The highest BCUT2D eigenvalue weighted by atomic mass is 19.1. The molecule has 1 amide bonds. The van der Waals surface area contributed by atoms with Crippen molar-refractivity contribution in [1.29, 1.82) is 0 Å². The Kier molecular flexibility index (Phi) is 6.04. The third-order valence-electron chi connectivity index (χ3n) is 6.21. The fraction of sp³-hybridized carbons (Fsp3) is 0.435. The molecule has 160 valence electrons. The average Bonchev–Trinajstić information content (AvgIpc) is 2.76. The number of hydrogen-bond donors (Lipinski definition) is 2. The Labute approximate surface area is 175 Å². The zero-order chi connectivity index (χ0) is 21.3. The maximum Gasteiger partial charge on any atom is 0.410 e. The van der Waals surface area contributed by atoms with Crippen molar-refractivity contribution < 1.29 is 24.1 Å². The van der Waals surface area contributed by atoms with Crippen LogP contribution in [0.2, 0.25) is 0 Å². The molecule has 0 bridgehead atoms. The molecule has 2 heterocycles. The van der Waals surface area contributed by atoms with Gasteiger partial charge in [0.15, 0.2) is 0 Å². The quantitative estimate of drug-likeness (QED) is 0.807. The number of carbonyl (C=O) groups is 1. The van der Waals surface area contributed by atoms with Crippen LogP contribution in [0.1, 0.15) is 29.2 Å². The van der Waals surface area contributed by atoms with Crippen LogP contribution in [0, 0.1) is 5.82 Å². The Morgan fingerprint density at radius 2 is 1.87 bits per heavy atom. The first-order valence-electron chi connectivity index (χ1n) is 10.3. The van der Waals surface area contributed by atoms with Crippen molar-refractivity contribution in [2.45, 2.75) is 37.1 Å². The summed E-state index contributed by atoms with van der Waals surface area (Å²) in [7, 11) is 1.84. The first kappa shape index (κ1) is 20.8. The molecule has 30 heavy (non-hydrogen) atoms. The lowest BCUT2D eigenvalue weighted by atomic mass is 9.88. The third kappa shape index (κ3) is 4.05. The molecule has 4 rings (SSSR count). The summed E-state index contributed by atoms with van der Waals surface area (Å²) < 4.78 is 19.1. The van der Waals surface area contributed by atoms with Crippen LogP contribution in [-0.4, -0.2) is 71.1 Å². The van der Waals surface area contributed by atoms with E-state index in [1.165, 1.54) is 12.1 Å². The van der Waals surface area contributed by atoms with E-state index < -0.39 is 24.3 Å². The van der Waals surface area contributed by atoms with Crippen LogP contribution >= 0.6 is 0 Å². The van der Waals surface area contributed by atoms with Gasteiger partial charge < -0.3 is 14.9 Å². The number of hydrogen-bond acceptors (Lipinski definition) is 5. The van der Waals surface area contributed by atoms with E-state index in [9.17, 15) is 19.4 Å². The van der Waals surface area contributed by atoms with Gasteiger partial charge in [0.2, 0.25) is 0 Å². The van der Waals surface area contributed by atoms with E-state index in [0.29, 0.717) is 25.9 Å². The zero-order valence-electron chi connectivity index (χ0n) is 16.9. The number of carbonyl (C=O) groups excluding carboxylic acids is 1. The second-order valence-corrected chi connectivity index (χ2v) is 8.07. The summed E-state index contributed by atoms with van der Waals surface area (Å²) in [4.78, 5) is 16.6. The van der Waals surface area contributed by atoms with Crippen molar-refractivity contribution in [2.24, 2.45) is 0 Å². The first-order valence-corrected chi connectivity index (χ1v) is 10.3. The summed E-state index contributed by atoms with van der Waals surface area (Å²) >= 11 is 0. The van der Waals surface area contributed by atoms with Gasteiger partial charge in [-0.3, -0.25) is 9.80 Å². The molecule has 6 nitrogen and oxygen atoms in total. The Balaban J connectivity index is 1.55. The number of halogens is 1. The molecule has 0 spiro atoms. The molecule has 0 aromatic heterocycles. The molecule has 7 heteroatoms. The fourth-order valence-corrected chi connectivity index (χ4v) is 4.42. The molecule has 2 N–H and O–H groups in total. The van der Waals surface area contributed by atoms with Gasteiger partial charge in [0.25, 0.3) is 0 Å². The standard InChI is InChI=1S/C23H27FN2O4/c1-25-12-11-20(27)22(28)19(25)14-30-23(29)26-13-10-15-4-2-3-5-18(15)21(26)16-6-8-17(24)9-7-16/h2-9,19-22,27-28H,10-14H2,1H3/t19-,20-,21-,22-/m0/s1. The van der Waals surface area contributed by atoms with Crippen molar-refractivity contribution in [3.63, 3.8) is 0 Å². The Morgan fingerprint density at radius 1 is 1.13 bits per heavy atom. The molecular weight excluding hydrogens is 387 g/mol. The minimum absolute atomic E-state index is 0.0121. The molecule has 0 unspecified atom stereocenters. The molecule has 1 saturated heterocycles. The van der Waals surface area contributed by atoms with Gasteiger partial charge in [-0.1, -0.05) is 36.4 Å². The van der Waals surface area contributed by atoms with Crippen molar-refractivity contribution >= 4 is 6.09 Å². The fourth-order valence-electron chi connectivity index (χ4n) is 4.42. The Hall–Kier alpha value is -2.48. The molecule has 2 aliphatic heterocycles. The molecule has 2 aromatic rings. The van der Waals surface area contributed by atoms with Crippen molar-refractivity contribution in [3.05, 3.63) is 71.0 Å². The predicted molar refractivity (Wildman–Crippen MR) is 109 cm³/mol. The van der Waals surface area contributed by atoms with Crippen LogP contribution in [0.4, 0.5) is 9.18 Å². The van der Waals surface area contributed by atoms with Gasteiger partial charge >= 0.3 is 6.09 Å². The van der Waals surface area contributed by atoms with E-state index in [2.05, 4.69) is 0 Å². The number of nitrogens with zero attached hydrogens (tertiary/aromatic N) is 2. The van der Waals surface area contributed by atoms with E-state index in [1.54, 1.807) is 17.0 Å². The highest BCUT2D eigenvalue weighted by Gasteiger charge is 2.37. The van der Waals surface area contributed by atoms with Crippen LogP contribution in [-0.2, 0) is 11.2 Å². The highest BCUT2D eigenvalue weighted by Crippen LogP contribution is 2.35. The zero-order valence-corrected chi connectivity index (χ0v) is 16.9. The number of aliphatic hydroxyl groups excluding tert-OH is 2. The monoisotopic (exact) mass is 414 g/mol. The van der Waals surface area contributed by atoms with Gasteiger partial charge in [-0.15, -0.1) is 0 Å². The molecule has 4 atom stereocenters. The lowest BCUT2D eigenvalue weighted by Crippen LogP contribution is -2.55. The van der Waals surface area contributed by atoms with Crippen LogP contribution < -0.4 is 0 Å². The molecule has 0 radical (unpaired) electrons. The minimum Gasteiger partial charge on any atom is -0.448 e. The maximum atomic E-state index is 13.5. The van der Waals surface area contributed by atoms with E-state index in [4.69, 9.17) is 4.74 Å². The Morgan fingerprint density at radius 3 is 2.63 bits per heavy atom. The second-order valence-electron chi connectivity index (χ2n) is 8.07. The lowest BCUT2D eigenvalue weighted by molar-refractivity contribution is -0.0849. The van der Waals surface area contributed by atoms with Gasteiger partial charge in [0.05, 0.1) is 24.3 Å². The smallest absolute Gasteiger partial charge is 0.410 e. The van der Waals surface area contributed by atoms with Crippen molar-refractivity contribution in [1.82, 2.24) is 9.80 Å². The summed E-state index contributed by atoms with van der Waals surface area (Å²) in [5.41, 5.74) is 2.96. The topological polar surface area (TPSA) is 73.2 Å². The van der Waals surface area contributed by atoms with Gasteiger partial charge in [0.1, 0.15) is 12.4 Å². The van der Waals surface area contributed by atoms with E-state index in [-0.39, 0.29) is 18.5 Å². The second kappa shape index (κ2) is 8.71. The van der Waals surface area contributed by atoms with Gasteiger partial charge in [-0.25, -0.2) is 9.18 Å². The van der Waals surface area contributed by atoms with Gasteiger partial charge in [0, 0.05) is 13.1 Å². The molecule has 1 fully saturated rings. The SMILES string of the molecule is CN1CC[C@H](O)[C@@H](O)[C@@H]1COC(=O)N1CCc2ccccc2[C@@H]1c1ccc(F)cc1. The van der Waals surface area contributed by atoms with Crippen LogP contribution in [0.25, 0.3) is 0 Å². The van der Waals surface area contributed by atoms with Gasteiger partial charge in [-0.2, -0.15) is 0 Å². The number of ether oxygens (including phenoxy) is 1. The summed E-state index contributed by atoms with van der Waals surface area (Å²) in [5, 5.41) is 20.2. The third-order valence-corrected chi connectivity index (χ3v) is 6.21. The molecular formula is C23H27FN2O4. The lowest BCUT2D eigenvalue weighted by Gasteiger charge is -2.40. The van der Waals surface area contributed by atoms with Crippen LogP contribution in [0.3, 0.4) is 0 Å². The first-order chi connectivity index (χ1) is 14.5. The maximum absolute atomic E-state index is 13.5. The molecule has 2 aromatic carbocycles. The molecule has 0 saturated carbocycles. The van der Waals surface area contributed by atoms with Crippen LogP contribution in [0.15, 0.2) is 48.5 Å². The normalized spacial score (nSPS) is 26.9. The van der Waals surface area contributed by atoms with E-state index in [0.717, 1.165) is 16.7 Å². The average molecular weight is 414 g/mol. The number of likely N-dealkylation sites (N-methyl/N-ethyl adjacent to an activating group) is 1. The van der Waals surface area contributed by atoms with E-state index in [1.807, 2.05) is 36.2 Å². The number of aliphatic hydroxyl groups is 2. The number of benzene rings is 2. The number of rotatable bonds is 3. The van der Waals surface area contributed by atoms with Gasteiger partial charge in [-0.05, 0) is 48.7 Å². The highest BCUT2D eigenvalue weighted by molar-refractivity contribution is 5.70.